The minimum absolute atomic E-state index is 0.143. The Morgan fingerprint density at radius 2 is 1.90 bits per heavy atom. The molecule has 0 heterocycles. The molecule has 0 saturated carbocycles. The van der Waals surface area contributed by atoms with Gasteiger partial charge in [0.1, 0.15) is 5.82 Å². The van der Waals surface area contributed by atoms with Crippen LogP contribution in [0.5, 0.6) is 0 Å². The van der Waals surface area contributed by atoms with Crippen LogP contribution in [0.3, 0.4) is 0 Å². The Morgan fingerprint density at radius 1 is 1.19 bits per heavy atom. The minimum Gasteiger partial charge on any atom is -0.378 e. The lowest BCUT2D eigenvalue weighted by Gasteiger charge is -2.20. The monoisotopic (exact) mass is 287 g/mol. The van der Waals surface area contributed by atoms with Gasteiger partial charge in [0.25, 0.3) is 0 Å². The minimum atomic E-state index is -0.617. The number of nitrogens with two attached hydrogens (primary N) is 1. The van der Waals surface area contributed by atoms with Gasteiger partial charge in [0.05, 0.1) is 6.04 Å². The van der Waals surface area contributed by atoms with Crippen LogP contribution in [0, 0.1) is 5.82 Å². The molecule has 110 valence electrons. The van der Waals surface area contributed by atoms with Crippen molar-refractivity contribution in [2.24, 2.45) is 5.73 Å². The Kier molecular flexibility index (Phi) is 4.77. The molecule has 0 fully saturated rings. The first-order valence-electron chi connectivity index (χ1n) is 6.77. The molecule has 0 aliphatic heterocycles. The first-order valence-corrected chi connectivity index (χ1v) is 6.77. The molecule has 5 heteroatoms. The van der Waals surface area contributed by atoms with Crippen molar-refractivity contribution in [1.82, 2.24) is 0 Å². The molecule has 0 aliphatic rings. The average molecular weight is 287 g/mol. The smallest absolute Gasteiger partial charge is 0.316 e. The lowest BCUT2D eigenvalue weighted by molar-refractivity contribution is 0.259. The highest BCUT2D eigenvalue weighted by Crippen LogP contribution is 2.26. The molecular weight excluding hydrogens is 269 g/mol. The van der Waals surface area contributed by atoms with Gasteiger partial charge in [-0.1, -0.05) is 31.2 Å². The van der Waals surface area contributed by atoms with Gasteiger partial charge in [-0.15, -0.1) is 0 Å². The maximum absolute atomic E-state index is 13.9. The van der Waals surface area contributed by atoms with Crippen LogP contribution in [-0.2, 0) is 0 Å². The Morgan fingerprint density at radius 3 is 2.57 bits per heavy atom. The van der Waals surface area contributed by atoms with Crippen LogP contribution in [0.1, 0.15) is 24.9 Å². The maximum atomic E-state index is 13.9. The van der Waals surface area contributed by atoms with E-state index in [-0.39, 0.29) is 11.9 Å². The Balaban J connectivity index is 2.19. The quantitative estimate of drug-likeness (QED) is 0.781. The summed E-state index contributed by atoms with van der Waals surface area (Å²) >= 11 is 0. The molecular formula is C16H18FN3O. The third kappa shape index (κ3) is 3.95. The Hall–Kier alpha value is -2.56. The lowest BCUT2D eigenvalue weighted by Crippen LogP contribution is -2.19. The first kappa shape index (κ1) is 14.8. The van der Waals surface area contributed by atoms with E-state index in [4.69, 9.17) is 5.73 Å². The van der Waals surface area contributed by atoms with Crippen LogP contribution in [0.4, 0.5) is 20.6 Å². The molecule has 21 heavy (non-hydrogen) atoms. The van der Waals surface area contributed by atoms with Gasteiger partial charge in [-0.05, 0) is 30.7 Å². The average Bonchev–Trinajstić information content (AvgIpc) is 2.45. The van der Waals surface area contributed by atoms with Gasteiger partial charge in [-0.25, -0.2) is 9.18 Å². The summed E-state index contributed by atoms with van der Waals surface area (Å²) in [5.74, 6) is -0.233. The molecule has 2 aromatic carbocycles. The fourth-order valence-corrected chi connectivity index (χ4v) is 2.19. The van der Waals surface area contributed by atoms with Crippen molar-refractivity contribution in [2.75, 3.05) is 10.6 Å². The van der Waals surface area contributed by atoms with Gasteiger partial charge >= 0.3 is 6.03 Å². The van der Waals surface area contributed by atoms with Crippen LogP contribution in [-0.4, -0.2) is 6.03 Å². The zero-order chi connectivity index (χ0) is 15.2. The van der Waals surface area contributed by atoms with E-state index in [0.717, 1.165) is 12.1 Å². The zero-order valence-corrected chi connectivity index (χ0v) is 11.8. The highest BCUT2D eigenvalue weighted by atomic mass is 19.1. The van der Waals surface area contributed by atoms with Crippen molar-refractivity contribution in [2.45, 2.75) is 19.4 Å². The summed E-state index contributed by atoms with van der Waals surface area (Å²) in [6.45, 7) is 1.98. The van der Waals surface area contributed by atoms with E-state index < -0.39 is 6.03 Å². The number of halogens is 1. The number of rotatable bonds is 5. The van der Waals surface area contributed by atoms with Gasteiger partial charge in [-0.2, -0.15) is 0 Å². The predicted octanol–water partition coefficient (Wildman–Crippen LogP) is 3.88. The molecule has 1 unspecified atom stereocenters. The zero-order valence-electron chi connectivity index (χ0n) is 11.8. The topological polar surface area (TPSA) is 67.2 Å². The molecule has 0 aliphatic carbocycles. The third-order valence-corrected chi connectivity index (χ3v) is 3.16. The molecule has 0 radical (unpaired) electrons. The van der Waals surface area contributed by atoms with E-state index in [1.807, 2.05) is 19.1 Å². The first-order chi connectivity index (χ1) is 10.1. The Bertz CT molecular complexity index is 630. The summed E-state index contributed by atoms with van der Waals surface area (Å²) in [5, 5.41) is 5.78. The number of carbonyl (C=O) groups is 1. The predicted molar refractivity (Wildman–Crippen MR) is 82.7 cm³/mol. The van der Waals surface area contributed by atoms with Gasteiger partial charge in [-0.3, -0.25) is 0 Å². The van der Waals surface area contributed by atoms with Gasteiger partial charge in [0.2, 0.25) is 0 Å². The molecule has 4 nitrogen and oxygen atoms in total. The van der Waals surface area contributed by atoms with Gasteiger partial charge < -0.3 is 16.4 Å². The summed E-state index contributed by atoms with van der Waals surface area (Å²) in [6.07, 6.45) is 0.731. The van der Waals surface area contributed by atoms with Gasteiger partial charge in [0, 0.05) is 16.9 Å². The molecule has 0 saturated heterocycles. The summed E-state index contributed by atoms with van der Waals surface area (Å²) in [7, 11) is 0. The molecule has 2 rings (SSSR count). The highest BCUT2D eigenvalue weighted by molar-refractivity contribution is 5.88. The number of hydrogen-bond donors (Lipinski definition) is 3. The number of urea groups is 1. The van der Waals surface area contributed by atoms with Gasteiger partial charge in [0.15, 0.2) is 0 Å². The number of primary amides is 1. The second-order valence-corrected chi connectivity index (χ2v) is 4.70. The number of nitrogens with one attached hydrogen (secondary N) is 2. The molecule has 0 bridgehead atoms. The number of anilines is 2. The number of benzene rings is 2. The summed E-state index contributed by atoms with van der Waals surface area (Å²) in [6, 6.07) is 13.1. The molecule has 2 aromatic rings. The normalized spacial score (nSPS) is 11.7. The van der Waals surface area contributed by atoms with E-state index in [9.17, 15) is 9.18 Å². The van der Waals surface area contributed by atoms with Crippen molar-refractivity contribution >= 4 is 17.4 Å². The number of hydrogen-bond acceptors (Lipinski definition) is 2. The van der Waals surface area contributed by atoms with Crippen molar-refractivity contribution in [3.63, 3.8) is 0 Å². The molecule has 4 N–H and O–H groups in total. The third-order valence-electron chi connectivity index (χ3n) is 3.16. The number of carbonyl (C=O) groups excluding carboxylic acids is 1. The van der Waals surface area contributed by atoms with Crippen molar-refractivity contribution in [3.8, 4) is 0 Å². The van der Waals surface area contributed by atoms with Crippen LogP contribution in [0.25, 0.3) is 0 Å². The molecule has 2 amide bonds. The second-order valence-electron chi connectivity index (χ2n) is 4.70. The van der Waals surface area contributed by atoms with Crippen molar-refractivity contribution < 1.29 is 9.18 Å². The van der Waals surface area contributed by atoms with Crippen LogP contribution >= 0.6 is 0 Å². The van der Waals surface area contributed by atoms with Crippen LogP contribution in [0.2, 0.25) is 0 Å². The largest absolute Gasteiger partial charge is 0.378 e. The van der Waals surface area contributed by atoms with E-state index in [2.05, 4.69) is 10.6 Å². The van der Waals surface area contributed by atoms with E-state index in [0.29, 0.717) is 11.3 Å². The van der Waals surface area contributed by atoms with Crippen molar-refractivity contribution in [1.29, 1.82) is 0 Å². The van der Waals surface area contributed by atoms with E-state index in [1.54, 1.807) is 30.3 Å². The summed E-state index contributed by atoms with van der Waals surface area (Å²) in [4.78, 5) is 10.9. The summed E-state index contributed by atoms with van der Waals surface area (Å²) < 4.78 is 13.9. The lowest BCUT2D eigenvalue weighted by atomic mass is 10.0. The SMILES string of the molecule is CCC(Nc1cccc(NC(N)=O)c1)c1ccccc1F. The molecule has 1 atom stereocenters. The fraction of sp³-hybridized carbons (Fsp3) is 0.188. The van der Waals surface area contributed by atoms with Crippen LogP contribution in [0.15, 0.2) is 48.5 Å². The van der Waals surface area contributed by atoms with E-state index >= 15 is 0 Å². The van der Waals surface area contributed by atoms with Crippen LogP contribution < -0.4 is 16.4 Å². The van der Waals surface area contributed by atoms with Crippen molar-refractivity contribution in [3.05, 3.63) is 59.9 Å². The Labute approximate surface area is 123 Å². The molecule has 0 aromatic heterocycles. The molecule has 0 spiro atoms. The maximum Gasteiger partial charge on any atom is 0.316 e. The standard InChI is InChI=1S/C16H18FN3O/c1-2-15(13-8-3-4-9-14(13)17)19-11-6-5-7-12(10-11)20-16(18)21/h3-10,15,19H,2H2,1H3,(H3,18,20,21). The highest BCUT2D eigenvalue weighted by Gasteiger charge is 2.13. The fourth-order valence-electron chi connectivity index (χ4n) is 2.19. The number of amides is 2. The second kappa shape index (κ2) is 6.74. The van der Waals surface area contributed by atoms with E-state index in [1.165, 1.54) is 6.07 Å². The summed E-state index contributed by atoms with van der Waals surface area (Å²) in [5.41, 5.74) is 7.09.